The van der Waals surface area contributed by atoms with Crippen molar-refractivity contribution in [1.82, 2.24) is 0 Å². The average Bonchev–Trinajstić information content (AvgIpc) is 2.36. The summed E-state index contributed by atoms with van der Waals surface area (Å²) in [6, 6.07) is 4.48. The molecule has 1 rings (SSSR count). The maximum Gasteiger partial charge on any atom is 0.312 e. The first kappa shape index (κ1) is 15.8. The van der Waals surface area contributed by atoms with Crippen LogP contribution in [0.25, 0.3) is 0 Å². The third-order valence-electron chi connectivity index (χ3n) is 2.91. The van der Waals surface area contributed by atoms with E-state index in [1.54, 1.807) is 12.1 Å². The second-order valence-electron chi connectivity index (χ2n) is 4.65. The molecule has 1 aromatic rings. The van der Waals surface area contributed by atoms with Crippen molar-refractivity contribution in [3.63, 3.8) is 0 Å². The van der Waals surface area contributed by atoms with Crippen molar-refractivity contribution >= 4 is 17.3 Å². The minimum atomic E-state index is -0.467. The lowest BCUT2D eigenvalue weighted by Gasteiger charge is -2.14. The fourth-order valence-electron chi connectivity index (χ4n) is 1.87. The molecule has 1 unspecified atom stereocenters. The Balaban J connectivity index is 2.58. The molecule has 0 fully saturated rings. The quantitative estimate of drug-likeness (QED) is 0.384. The number of nitro benzene ring substituents is 1. The molecule has 1 atom stereocenters. The third-order valence-corrected chi connectivity index (χ3v) is 3.15. The van der Waals surface area contributed by atoms with Crippen LogP contribution in [0.4, 0.5) is 5.69 Å². The van der Waals surface area contributed by atoms with Crippen LogP contribution >= 0.6 is 11.6 Å². The number of hydrogen-bond donors (Lipinski definition) is 0. The molecule has 0 N–H and O–H groups in total. The molecule has 0 bridgehead atoms. The van der Waals surface area contributed by atoms with E-state index in [0.717, 1.165) is 12.8 Å². The van der Waals surface area contributed by atoms with E-state index in [2.05, 4.69) is 6.92 Å². The van der Waals surface area contributed by atoms with Gasteiger partial charge in [0.1, 0.15) is 0 Å². The Labute approximate surface area is 118 Å². The lowest BCUT2D eigenvalue weighted by Crippen LogP contribution is -2.12. The van der Waals surface area contributed by atoms with Gasteiger partial charge < -0.3 is 4.74 Å². The third kappa shape index (κ3) is 5.47. The summed E-state index contributed by atoms with van der Waals surface area (Å²) in [5.74, 6) is 0.289. The van der Waals surface area contributed by atoms with Gasteiger partial charge in [-0.15, -0.1) is 0 Å². The SMILES string of the molecule is CCCCCCC(C)Oc1ccc(Cl)cc1[N+](=O)[O-]. The highest BCUT2D eigenvalue weighted by Crippen LogP contribution is 2.31. The first-order chi connectivity index (χ1) is 9.04. The van der Waals surface area contributed by atoms with Crippen molar-refractivity contribution < 1.29 is 9.66 Å². The molecule has 19 heavy (non-hydrogen) atoms. The number of unbranched alkanes of at least 4 members (excludes halogenated alkanes) is 3. The van der Waals surface area contributed by atoms with E-state index in [1.165, 1.54) is 25.3 Å². The molecule has 4 nitrogen and oxygen atoms in total. The summed E-state index contributed by atoms with van der Waals surface area (Å²) in [5, 5.41) is 11.3. The Morgan fingerprint density at radius 3 is 2.74 bits per heavy atom. The molecule has 0 aliphatic rings. The molecular weight excluding hydrogens is 266 g/mol. The zero-order valence-corrected chi connectivity index (χ0v) is 12.2. The van der Waals surface area contributed by atoms with Crippen LogP contribution in [0.5, 0.6) is 5.75 Å². The van der Waals surface area contributed by atoms with E-state index >= 15 is 0 Å². The van der Waals surface area contributed by atoms with Crippen molar-refractivity contribution in [3.05, 3.63) is 33.3 Å². The first-order valence-electron chi connectivity index (χ1n) is 6.65. The second kappa shape index (κ2) is 8.00. The highest BCUT2D eigenvalue weighted by molar-refractivity contribution is 6.30. The first-order valence-corrected chi connectivity index (χ1v) is 7.03. The number of halogens is 1. The zero-order chi connectivity index (χ0) is 14.3. The van der Waals surface area contributed by atoms with Crippen molar-refractivity contribution in [2.75, 3.05) is 0 Å². The lowest BCUT2D eigenvalue weighted by molar-refractivity contribution is -0.386. The van der Waals surface area contributed by atoms with Crippen LogP contribution in [0.3, 0.4) is 0 Å². The second-order valence-corrected chi connectivity index (χ2v) is 5.08. The van der Waals surface area contributed by atoms with Crippen molar-refractivity contribution in [3.8, 4) is 5.75 Å². The summed E-state index contributed by atoms with van der Waals surface area (Å²) in [5.41, 5.74) is -0.0760. The van der Waals surface area contributed by atoms with Gasteiger partial charge in [0.2, 0.25) is 0 Å². The fraction of sp³-hybridized carbons (Fsp3) is 0.571. The number of ether oxygens (including phenoxy) is 1. The number of hydrogen-bond acceptors (Lipinski definition) is 3. The van der Waals surface area contributed by atoms with E-state index in [9.17, 15) is 10.1 Å². The molecule has 106 valence electrons. The van der Waals surface area contributed by atoms with Gasteiger partial charge in [0.15, 0.2) is 5.75 Å². The Hall–Kier alpha value is -1.29. The smallest absolute Gasteiger partial charge is 0.312 e. The van der Waals surface area contributed by atoms with Gasteiger partial charge in [-0.1, -0.05) is 37.8 Å². The highest BCUT2D eigenvalue weighted by atomic mass is 35.5. The van der Waals surface area contributed by atoms with Gasteiger partial charge in [0.25, 0.3) is 0 Å². The minimum Gasteiger partial charge on any atom is -0.484 e. The van der Waals surface area contributed by atoms with Gasteiger partial charge in [-0.3, -0.25) is 10.1 Å². The van der Waals surface area contributed by atoms with Crippen LogP contribution in [-0.2, 0) is 0 Å². The van der Waals surface area contributed by atoms with Crippen LogP contribution in [-0.4, -0.2) is 11.0 Å². The van der Waals surface area contributed by atoms with Crippen LogP contribution in [0.1, 0.15) is 46.0 Å². The highest BCUT2D eigenvalue weighted by Gasteiger charge is 2.17. The largest absolute Gasteiger partial charge is 0.484 e. The van der Waals surface area contributed by atoms with Crippen LogP contribution in [0.2, 0.25) is 5.02 Å². The van der Waals surface area contributed by atoms with Gasteiger partial charge in [-0.25, -0.2) is 0 Å². The maximum atomic E-state index is 10.9. The molecule has 0 heterocycles. The Morgan fingerprint density at radius 1 is 1.37 bits per heavy atom. The molecule has 0 saturated heterocycles. The molecule has 0 radical (unpaired) electrons. The standard InChI is InChI=1S/C14H20ClNO3/c1-3-4-5-6-7-11(2)19-14-9-8-12(15)10-13(14)16(17)18/h8-11H,3-7H2,1-2H3. The van der Waals surface area contributed by atoms with E-state index < -0.39 is 4.92 Å². The summed E-state index contributed by atoms with van der Waals surface area (Å²) in [4.78, 5) is 10.5. The lowest BCUT2D eigenvalue weighted by atomic mass is 10.1. The van der Waals surface area contributed by atoms with E-state index in [-0.39, 0.29) is 17.5 Å². The number of rotatable bonds is 8. The van der Waals surface area contributed by atoms with Crippen molar-refractivity contribution in [1.29, 1.82) is 0 Å². The summed E-state index contributed by atoms with van der Waals surface area (Å²) < 4.78 is 5.64. The number of nitro groups is 1. The summed E-state index contributed by atoms with van der Waals surface area (Å²) in [7, 11) is 0. The molecule has 0 amide bonds. The van der Waals surface area contributed by atoms with Gasteiger partial charge in [-0.2, -0.15) is 0 Å². The van der Waals surface area contributed by atoms with E-state index in [1.807, 2.05) is 6.92 Å². The maximum absolute atomic E-state index is 10.9. The summed E-state index contributed by atoms with van der Waals surface area (Å²) in [6.07, 6.45) is 5.53. The predicted molar refractivity (Wildman–Crippen MR) is 77.0 cm³/mol. The van der Waals surface area contributed by atoms with Gasteiger partial charge in [0.05, 0.1) is 11.0 Å². The molecular formula is C14H20ClNO3. The molecule has 1 aromatic carbocycles. The van der Waals surface area contributed by atoms with Crippen molar-refractivity contribution in [2.45, 2.75) is 52.1 Å². The number of benzene rings is 1. The van der Waals surface area contributed by atoms with Gasteiger partial charge in [0, 0.05) is 11.1 Å². The summed E-state index contributed by atoms with van der Waals surface area (Å²) in [6.45, 7) is 4.10. The Kier molecular flexibility index (Phi) is 6.64. The van der Waals surface area contributed by atoms with Gasteiger partial charge in [-0.05, 0) is 31.9 Å². The summed E-state index contributed by atoms with van der Waals surface area (Å²) >= 11 is 5.76. The predicted octanol–water partition coefficient (Wildman–Crippen LogP) is 4.99. The Bertz CT molecular complexity index is 423. The van der Waals surface area contributed by atoms with E-state index in [4.69, 9.17) is 16.3 Å². The minimum absolute atomic E-state index is 0.0308. The Morgan fingerprint density at radius 2 is 2.11 bits per heavy atom. The fourth-order valence-corrected chi connectivity index (χ4v) is 2.03. The topological polar surface area (TPSA) is 52.4 Å². The molecule has 0 aliphatic heterocycles. The molecule has 0 saturated carbocycles. The van der Waals surface area contributed by atoms with Crippen LogP contribution < -0.4 is 4.74 Å². The van der Waals surface area contributed by atoms with E-state index in [0.29, 0.717) is 5.02 Å². The van der Waals surface area contributed by atoms with Gasteiger partial charge >= 0.3 is 5.69 Å². The zero-order valence-electron chi connectivity index (χ0n) is 11.4. The molecule has 5 heteroatoms. The number of nitrogens with zero attached hydrogens (tertiary/aromatic N) is 1. The molecule has 0 aromatic heterocycles. The van der Waals surface area contributed by atoms with Crippen LogP contribution in [0.15, 0.2) is 18.2 Å². The average molecular weight is 286 g/mol. The molecule has 0 spiro atoms. The normalized spacial score (nSPS) is 12.2. The monoisotopic (exact) mass is 285 g/mol. The van der Waals surface area contributed by atoms with Crippen LogP contribution in [0, 0.1) is 10.1 Å². The van der Waals surface area contributed by atoms with Crippen molar-refractivity contribution in [2.24, 2.45) is 0 Å². The molecule has 0 aliphatic carbocycles.